The second-order valence-electron chi connectivity index (χ2n) is 5.28. The van der Waals surface area contributed by atoms with Crippen LogP contribution in [-0.2, 0) is 19.1 Å². The van der Waals surface area contributed by atoms with Gasteiger partial charge in [-0.05, 0) is 31.2 Å². The number of carbonyl (C=O) groups excluding carboxylic acids is 2. The van der Waals surface area contributed by atoms with Crippen molar-refractivity contribution in [1.82, 2.24) is 5.32 Å². The van der Waals surface area contributed by atoms with Crippen molar-refractivity contribution in [1.29, 1.82) is 0 Å². The molecule has 2 amide bonds. The van der Waals surface area contributed by atoms with Crippen molar-refractivity contribution in [2.24, 2.45) is 0 Å². The van der Waals surface area contributed by atoms with Crippen LogP contribution in [0.15, 0.2) is 29.2 Å². The smallest absolute Gasteiger partial charge is 0.233 e. The molecule has 0 spiro atoms. The van der Waals surface area contributed by atoms with Crippen molar-refractivity contribution in [2.45, 2.75) is 30.1 Å². The third-order valence-electron chi connectivity index (χ3n) is 3.25. The molecule has 0 saturated carbocycles. The van der Waals surface area contributed by atoms with E-state index in [1.807, 2.05) is 31.2 Å². The van der Waals surface area contributed by atoms with Gasteiger partial charge in [0.2, 0.25) is 11.8 Å². The Morgan fingerprint density at radius 3 is 2.65 bits per heavy atom. The number of hydrogen-bond donors (Lipinski definition) is 2. The monoisotopic (exact) mass is 338 g/mol. The van der Waals surface area contributed by atoms with Crippen LogP contribution in [-0.4, -0.2) is 49.5 Å². The first kappa shape index (κ1) is 17.8. The van der Waals surface area contributed by atoms with Gasteiger partial charge in [0, 0.05) is 24.1 Å². The summed E-state index contributed by atoms with van der Waals surface area (Å²) >= 11 is 1.47. The third kappa shape index (κ3) is 6.21. The molecule has 2 atom stereocenters. The molecule has 0 bridgehead atoms. The number of carbonyl (C=O) groups is 2. The van der Waals surface area contributed by atoms with Crippen LogP contribution in [0.5, 0.6) is 0 Å². The Hall–Kier alpha value is -1.57. The van der Waals surface area contributed by atoms with Crippen LogP contribution >= 0.6 is 11.8 Å². The number of ether oxygens (including phenoxy) is 2. The minimum Gasteiger partial charge on any atom is -0.376 e. The first-order valence-electron chi connectivity index (χ1n) is 7.56. The summed E-state index contributed by atoms with van der Waals surface area (Å²) in [5, 5.41) is 5.38. The second-order valence-corrected chi connectivity index (χ2v) is 6.69. The maximum atomic E-state index is 12.1. The summed E-state index contributed by atoms with van der Waals surface area (Å²) in [5.74, 6) is -0.137. The van der Waals surface area contributed by atoms with E-state index in [1.165, 1.54) is 18.7 Å². The van der Waals surface area contributed by atoms with Crippen LogP contribution in [0.1, 0.15) is 13.8 Å². The number of amides is 2. The molecule has 126 valence electrons. The Balaban J connectivity index is 1.77. The standard InChI is InChI=1S/C16H22N2O4S/c1-11(16(20)17-9-14-10-21-7-8-22-14)23-15-5-3-13(4-6-15)18-12(2)19/h3-6,11,14H,7-10H2,1-2H3,(H,17,20)(H,18,19)/t11-,14+/m1/s1. The van der Waals surface area contributed by atoms with Crippen molar-refractivity contribution in [3.05, 3.63) is 24.3 Å². The Labute approximate surface area is 140 Å². The lowest BCUT2D eigenvalue weighted by molar-refractivity contribution is -0.123. The minimum atomic E-state index is -0.217. The van der Waals surface area contributed by atoms with E-state index >= 15 is 0 Å². The van der Waals surface area contributed by atoms with E-state index in [4.69, 9.17) is 9.47 Å². The van der Waals surface area contributed by atoms with Crippen molar-refractivity contribution >= 4 is 29.3 Å². The fraction of sp³-hybridized carbons (Fsp3) is 0.500. The summed E-state index contributed by atoms with van der Waals surface area (Å²) < 4.78 is 10.8. The zero-order chi connectivity index (χ0) is 16.7. The highest BCUT2D eigenvalue weighted by Crippen LogP contribution is 2.24. The van der Waals surface area contributed by atoms with Gasteiger partial charge >= 0.3 is 0 Å². The van der Waals surface area contributed by atoms with Crippen LogP contribution in [0.4, 0.5) is 5.69 Å². The summed E-state index contributed by atoms with van der Waals surface area (Å²) in [5.41, 5.74) is 0.744. The first-order valence-corrected chi connectivity index (χ1v) is 8.44. The molecule has 23 heavy (non-hydrogen) atoms. The van der Waals surface area contributed by atoms with E-state index in [2.05, 4.69) is 10.6 Å². The molecule has 1 fully saturated rings. The molecule has 1 aliphatic rings. The summed E-state index contributed by atoms with van der Waals surface area (Å²) in [6.45, 7) is 5.50. The van der Waals surface area contributed by atoms with E-state index in [0.29, 0.717) is 26.4 Å². The number of rotatable bonds is 6. The van der Waals surface area contributed by atoms with Crippen LogP contribution in [0.25, 0.3) is 0 Å². The Morgan fingerprint density at radius 1 is 1.30 bits per heavy atom. The molecule has 1 heterocycles. The van der Waals surface area contributed by atoms with Crippen molar-refractivity contribution in [3.8, 4) is 0 Å². The van der Waals surface area contributed by atoms with Crippen LogP contribution in [0.2, 0.25) is 0 Å². The molecule has 1 saturated heterocycles. The summed E-state index contributed by atoms with van der Waals surface area (Å²) in [6.07, 6.45) is -0.0677. The third-order valence-corrected chi connectivity index (χ3v) is 4.36. The highest BCUT2D eigenvalue weighted by Gasteiger charge is 2.18. The van der Waals surface area contributed by atoms with Gasteiger partial charge in [-0.2, -0.15) is 0 Å². The van der Waals surface area contributed by atoms with Gasteiger partial charge in [-0.1, -0.05) is 0 Å². The average molecular weight is 338 g/mol. The quantitative estimate of drug-likeness (QED) is 0.772. The number of anilines is 1. The Morgan fingerprint density at radius 2 is 2.04 bits per heavy atom. The minimum absolute atomic E-state index is 0.0323. The molecule has 1 aliphatic heterocycles. The van der Waals surface area contributed by atoms with E-state index in [1.54, 1.807) is 0 Å². The van der Waals surface area contributed by atoms with Gasteiger partial charge in [-0.15, -0.1) is 11.8 Å². The van der Waals surface area contributed by atoms with Crippen molar-refractivity contribution in [2.75, 3.05) is 31.7 Å². The molecular weight excluding hydrogens is 316 g/mol. The van der Waals surface area contributed by atoms with Gasteiger partial charge in [-0.25, -0.2) is 0 Å². The van der Waals surface area contributed by atoms with Gasteiger partial charge in [0.05, 0.1) is 31.2 Å². The largest absolute Gasteiger partial charge is 0.376 e. The summed E-state index contributed by atoms with van der Waals surface area (Å²) in [6, 6.07) is 7.42. The molecule has 0 unspecified atom stereocenters. The predicted octanol–water partition coefficient (Wildman–Crippen LogP) is 1.66. The molecule has 2 rings (SSSR count). The van der Waals surface area contributed by atoms with Crippen LogP contribution in [0, 0.1) is 0 Å². The van der Waals surface area contributed by atoms with E-state index < -0.39 is 0 Å². The lowest BCUT2D eigenvalue weighted by Gasteiger charge is -2.23. The molecule has 7 heteroatoms. The number of benzene rings is 1. The second kappa shape index (κ2) is 8.90. The number of hydrogen-bond acceptors (Lipinski definition) is 5. The van der Waals surface area contributed by atoms with Gasteiger partial charge in [0.1, 0.15) is 0 Å². The van der Waals surface area contributed by atoms with E-state index in [0.717, 1.165) is 10.6 Å². The molecular formula is C16H22N2O4S. The topological polar surface area (TPSA) is 76.7 Å². The SMILES string of the molecule is CC(=O)Nc1ccc(S[C@H](C)C(=O)NC[C@H]2COCCO2)cc1. The lowest BCUT2D eigenvalue weighted by atomic mass is 10.3. The van der Waals surface area contributed by atoms with Gasteiger partial charge in [-0.3, -0.25) is 9.59 Å². The van der Waals surface area contributed by atoms with Crippen LogP contribution < -0.4 is 10.6 Å². The van der Waals surface area contributed by atoms with Crippen LogP contribution in [0.3, 0.4) is 0 Å². The summed E-state index contributed by atoms with van der Waals surface area (Å²) in [7, 11) is 0. The van der Waals surface area contributed by atoms with Crippen molar-refractivity contribution < 1.29 is 19.1 Å². The maximum Gasteiger partial charge on any atom is 0.233 e. The Kier molecular flexibility index (Phi) is 6.88. The van der Waals surface area contributed by atoms with E-state index in [-0.39, 0.29) is 23.2 Å². The molecule has 1 aromatic rings. The van der Waals surface area contributed by atoms with Gasteiger partial charge in [0.25, 0.3) is 0 Å². The zero-order valence-corrected chi connectivity index (χ0v) is 14.2. The molecule has 0 radical (unpaired) electrons. The fourth-order valence-electron chi connectivity index (χ4n) is 2.09. The number of thioether (sulfide) groups is 1. The lowest BCUT2D eigenvalue weighted by Crippen LogP contribution is -2.42. The zero-order valence-electron chi connectivity index (χ0n) is 13.3. The molecule has 2 N–H and O–H groups in total. The average Bonchev–Trinajstić information content (AvgIpc) is 2.55. The van der Waals surface area contributed by atoms with E-state index in [9.17, 15) is 9.59 Å². The highest BCUT2D eigenvalue weighted by atomic mass is 32.2. The first-order chi connectivity index (χ1) is 11.0. The number of nitrogens with one attached hydrogen (secondary N) is 2. The molecule has 0 aliphatic carbocycles. The molecule has 1 aromatic carbocycles. The van der Waals surface area contributed by atoms with Gasteiger partial charge in [0.15, 0.2) is 0 Å². The predicted molar refractivity (Wildman–Crippen MR) is 89.6 cm³/mol. The summed E-state index contributed by atoms with van der Waals surface area (Å²) in [4.78, 5) is 24.1. The fourth-order valence-corrected chi connectivity index (χ4v) is 2.98. The Bertz CT molecular complexity index is 529. The maximum absolute atomic E-state index is 12.1. The normalized spacial score (nSPS) is 19.0. The van der Waals surface area contributed by atoms with Crippen molar-refractivity contribution in [3.63, 3.8) is 0 Å². The molecule has 6 nitrogen and oxygen atoms in total. The highest BCUT2D eigenvalue weighted by molar-refractivity contribution is 8.00. The van der Waals surface area contributed by atoms with Gasteiger partial charge < -0.3 is 20.1 Å². The molecule has 0 aromatic heterocycles.